The summed E-state index contributed by atoms with van der Waals surface area (Å²) in [5.41, 5.74) is 5.81. The number of hydrogen-bond donors (Lipinski definition) is 3. The van der Waals surface area contributed by atoms with E-state index in [1.165, 1.54) is 0 Å². The molecule has 0 aliphatic heterocycles. The first kappa shape index (κ1) is 10.3. The van der Waals surface area contributed by atoms with Gasteiger partial charge in [-0.3, -0.25) is 9.59 Å². The van der Waals surface area contributed by atoms with Gasteiger partial charge in [0.25, 0.3) is 0 Å². The lowest BCUT2D eigenvalue weighted by atomic mass is 10.3. The van der Waals surface area contributed by atoms with E-state index < -0.39 is 11.1 Å². The topological polar surface area (TPSA) is 91.7 Å². The van der Waals surface area contributed by atoms with E-state index in [1.807, 2.05) is 0 Å². The fraction of sp³-hybridized carbons (Fsp3) is 0. The molecule has 2 aromatic rings. The van der Waals surface area contributed by atoms with Gasteiger partial charge in [-0.05, 0) is 18.2 Å². The summed E-state index contributed by atoms with van der Waals surface area (Å²) in [4.78, 5) is 26.6. The minimum atomic E-state index is -0.668. The van der Waals surface area contributed by atoms with Gasteiger partial charge in [-0.2, -0.15) is 0 Å². The van der Waals surface area contributed by atoms with Crippen molar-refractivity contribution in [2.24, 2.45) is 0 Å². The maximum Gasteiger partial charge on any atom is 0.314 e. The molecule has 0 spiro atoms. The quantitative estimate of drug-likeness (QED) is 0.432. The molecule has 4 N–H and O–H groups in total. The van der Waals surface area contributed by atoms with Crippen LogP contribution >= 0.6 is 12.4 Å². The highest BCUT2D eigenvalue weighted by Crippen LogP contribution is 2.09. The number of nitrogen functional groups attached to an aromatic ring is 1. The van der Waals surface area contributed by atoms with Gasteiger partial charge in [0.1, 0.15) is 0 Å². The third-order valence-corrected chi connectivity index (χ3v) is 1.75. The standard InChI is InChI=1S/C8H7N3O2.ClH/c9-4-1-2-5-6(3-4)11-8(13)7(12)10-5;/h1-3H,9H2,(H,10,12)(H,11,13);1H. The summed E-state index contributed by atoms with van der Waals surface area (Å²) in [6, 6.07) is 4.88. The Morgan fingerprint density at radius 2 is 1.57 bits per heavy atom. The number of nitrogens with two attached hydrogens (primary N) is 1. The minimum absolute atomic E-state index is 0. The molecular weight excluding hydrogens is 206 g/mol. The third-order valence-electron chi connectivity index (χ3n) is 1.75. The second-order valence-corrected chi connectivity index (χ2v) is 2.71. The number of benzene rings is 1. The van der Waals surface area contributed by atoms with E-state index >= 15 is 0 Å². The maximum atomic E-state index is 10.9. The number of rotatable bonds is 0. The molecule has 1 heterocycles. The first-order valence-corrected chi connectivity index (χ1v) is 3.68. The Balaban J connectivity index is 0.000000980. The smallest absolute Gasteiger partial charge is 0.314 e. The van der Waals surface area contributed by atoms with Crippen molar-refractivity contribution in [1.29, 1.82) is 0 Å². The fourth-order valence-electron chi connectivity index (χ4n) is 1.13. The molecule has 0 atom stereocenters. The Morgan fingerprint density at radius 3 is 2.21 bits per heavy atom. The van der Waals surface area contributed by atoms with Crippen LogP contribution in [0.5, 0.6) is 0 Å². The SMILES string of the molecule is Cl.Nc1ccc2[nH]c(=O)c(=O)[nH]c2c1. The second kappa shape index (κ2) is 3.55. The van der Waals surface area contributed by atoms with Crippen LogP contribution in [0.1, 0.15) is 0 Å². The van der Waals surface area contributed by atoms with E-state index in [-0.39, 0.29) is 12.4 Å². The molecule has 1 aromatic carbocycles. The molecule has 14 heavy (non-hydrogen) atoms. The Hall–Kier alpha value is -1.75. The number of hydrogen-bond acceptors (Lipinski definition) is 3. The van der Waals surface area contributed by atoms with E-state index in [9.17, 15) is 9.59 Å². The average Bonchev–Trinajstić information content (AvgIpc) is 2.08. The van der Waals surface area contributed by atoms with Crippen LogP contribution in [-0.2, 0) is 0 Å². The molecule has 6 heteroatoms. The van der Waals surface area contributed by atoms with Gasteiger partial charge in [-0.25, -0.2) is 0 Å². The van der Waals surface area contributed by atoms with Gasteiger partial charge in [-0.1, -0.05) is 0 Å². The predicted molar refractivity (Wildman–Crippen MR) is 56.8 cm³/mol. The highest BCUT2D eigenvalue weighted by atomic mass is 35.5. The summed E-state index contributed by atoms with van der Waals surface area (Å²) in [7, 11) is 0. The van der Waals surface area contributed by atoms with Crippen molar-refractivity contribution in [1.82, 2.24) is 9.97 Å². The van der Waals surface area contributed by atoms with Crippen LogP contribution in [0.3, 0.4) is 0 Å². The molecule has 0 aliphatic rings. The predicted octanol–water partition coefficient (Wildman–Crippen LogP) is 0.220. The molecule has 0 unspecified atom stereocenters. The van der Waals surface area contributed by atoms with E-state index in [1.54, 1.807) is 18.2 Å². The lowest BCUT2D eigenvalue weighted by Gasteiger charge is -1.97. The fourth-order valence-corrected chi connectivity index (χ4v) is 1.13. The van der Waals surface area contributed by atoms with E-state index in [4.69, 9.17) is 5.73 Å². The number of nitrogens with one attached hydrogen (secondary N) is 2. The zero-order valence-electron chi connectivity index (χ0n) is 7.03. The summed E-state index contributed by atoms with van der Waals surface area (Å²) in [5.74, 6) is 0. The molecule has 0 amide bonds. The number of H-pyrrole nitrogens is 2. The lowest BCUT2D eigenvalue weighted by molar-refractivity contribution is 1.15. The van der Waals surface area contributed by atoms with Crippen molar-refractivity contribution in [3.63, 3.8) is 0 Å². The van der Waals surface area contributed by atoms with E-state index in [0.29, 0.717) is 16.7 Å². The Kier molecular flexibility index (Phi) is 2.62. The van der Waals surface area contributed by atoms with Gasteiger partial charge in [0.15, 0.2) is 0 Å². The van der Waals surface area contributed by atoms with Crippen molar-refractivity contribution in [3.05, 3.63) is 38.9 Å². The van der Waals surface area contributed by atoms with Crippen LogP contribution in [0.15, 0.2) is 27.8 Å². The van der Waals surface area contributed by atoms with Gasteiger partial charge in [0.05, 0.1) is 11.0 Å². The molecule has 74 valence electrons. The Morgan fingerprint density at radius 1 is 1.00 bits per heavy atom. The maximum absolute atomic E-state index is 10.9. The van der Waals surface area contributed by atoms with Crippen LogP contribution in [0.25, 0.3) is 11.0 Å². The number of aromatic amines is 2. The summed E-state index contributed by atoms with van der Waals surface area (Å²) < 4.78 is 0. The molecule has 0 aliphatic carbocycles. The normalized spacial score (nSPS) is 9.71. The Bertz CT molecular complexity index is 573. The van der Waals surface area contributed by atoms with Crippen molar-refractivity contribution >= 4 is 29.1 Å². The highest BCUT2D eigenvalue weighted by Gasteiger charge is 1.98. The number of aromatic nitrogens is 2. The van der Waals surface area contributed by atoms with Crippen LogP contribution in [0.4, 0.5) is 5.69 Å². The second-order valence-electron chi connectivity index (χ2n) is 2.71. The molecule has 5 nitrogen and oxygen atoms in total. The van der Waals surface area contributed by atoms with Crippen molar-refractivity contribution in [2.75, 3.05) is 5.73 Å². The van der Waals surface area contributed by atoms with Gasteiger partial charge >= 0.3 is 11.1 Å². The molecule has 0 fully saturated rings. The monoisotopic (exact) mass is 213 g/mol. The minimum Gasteiger partial charge on any atom is -0.399 e. The summed E-state index contributed by atoms with van der Waals surface area (Å²) in [5, 5.41) is 0. The van der Waals surface area contributed by atoms with E-state index in [0.717, 1.165) is 0 Å². The molecule has 0 bridgehead atoms. The first-order chi connectivity index (χ1) is 6.16. The Labute approximate surface area is 84.4 Å². The number of fused-ring (bicyclic) bond motifs is 1. The molecule has 2 rings (SSSR count). The van der Waals surface area contributed by atoms with Crippen LogP contribution in [-0.4, -0.2) is 9.97 Å². The van der Waals surface area contributed by atoms with E-state index in [2.05, 4.69) is 9.97 Å². The van der Waals surface area contributed by atoms with Gasteiger partial charge in [0.2, 0.25) is 0 Å². The molecule has 1 aromatic heterocycles. The molecule has 0 saturated heterocycles. The first-order valence-electron chi connectivity index (χ1n) is 3.68. The molecule has 0 saturated carbocycles. The summed E-state index contributed by atoms with van der Waals surface area (Å²) >= 11 is 0. The number of halogens is 1. The van der Waals surface area contributed by atoms with Crippen molar-refractivity contribution in [2.45, 2.75) is 0 Å². The zero-order chi connectivity index (χ0) is 9.42. The third kappa shape index (κ3) is 1.62. The van der Waals surface area contributed by atoms with Crippen LogP contribution < -0.4 is 16.9 Å². The largest absolute Gasteiger partial charge is 0.399 e. The van der Waals surface area contributed by atoms with Gasteiger partial charge in [0, 0.05) is 5.69 Å². The number of anilines is 1. The molecular formula is C8H8ClN3O2. The van der Waals surface area contributed by atoms with Crippen molar-refractivity contribution in [3.8, 4) is 0 Å². The zero-order valence-corrected chi connectivity index (χ0v) is 7.85. The van der Waals surface area contributed by atoms with Gasteiger partial charge in [-0.15, -0.1) is 12.4 Å². The van der Waals surface area contributed by atoms with Gasteiger partial charge < -0.3 is 15.7 Å². The average molecular weight is 214 g/mol. The van der Waals surface area contributed by atoms with Crippen LogP contribution in [0, 0.1) is 0 Å². The van der Waals surface area contributed by atoms with Crippen molar-refractivity contribution < 1.29 is 0 Å². The summed E-state index contributed by atoms with van der Waals surface area (Å²) in [6.45, 7) is 0. The highest BCUT2D eigenvalue weighted by molar-refractivity contribution is 5.85. The lowest BCUT2D eigenvalue weighted by Crippen LogP contribution is -2.28. The van der Waals surface area contributed by atoms with Crippen LogP contribution in [0.2, 0.25) is 0 Å². The molecule has 0 radical (unpaired) electrons. The summed E-state index contributed by atoms with van der Waals surface area (Å²) in [6.07, 6.45) is 0.